The van der Waals surface area contributed by atoms with Crippen molar-refractivity contribution in [3.05, 3.63) is 35.4 Å². The van der Waals surface area contributed by atoms with Crippen LogP contribution in [0.4, 0.5) is 4.79 Å². The summed E-state index contributed by atoms with van der Waals surface area (Å²) < 4.78 is 0. The molecule has 0 radical (unpaired) electrons. The number of fused-ring (bicyclic) bond motifs is 1. The molecule has 3 heterocycles. The molecular weight excluding hydrogens is 600 g/mol. The molecule has 244 valence electrons. The molecule has 3 atom stereocenters. The third-order valence-corrected chi connectivity index (χ3v) is 9.72. The lowest BCUT2D eigenvalue weighted by Gasteiger charge is -2.16. The van der Waals surface area contributed by atoms with Gasteiger partial charge in [-0.25, -0.2) is 9.59 Å². The molecule has 1 aromatic rings. The van der Waals surface area contributed by atoms with Crippen molar-refractivity contribution in [1.82, 2.24) is 21.0 Å². The van der Waals surface area contributed by atoms with E-state index < -0.39 is 17.8 Å². The molecule has 13 heteroatoms. The molecule has 4 rings (SSSR count). The third-order valence-electron chi connectivity index (χ3n) is 8.21. The first kappa shape index (κ1) is 34.1. The summed E-state index contributed by atoms with van der Waals surface area (Å²) >= 11 is 1.87. The number of nitrogens with zero attached hydrogens (tertiary/aromatic N) is 1. The fourth-order valence-electron chi connectivity index (χ4n) is 5.69. The van der Waals surface area contributed by atoms with Crippen molar-refractivity contribution in [3.63, 3.8) is 0 Å². The molecule has 3 aliphatic heterocycles. The summed E-state index contributed by atoms with van der Waals surface area (Å²) in [6, 6.07) is 7.56. The van der Waals surface area contributed by atoms with E-state index in [1.54, 1.807) is 12.1 Å². The number of amides is 5. The number of carbonyl (C=O) groups excluding carboxylic acids is 7. The molecule has 3 aliphatic rings. The Morgan fingerprint density at radius 2 is 1.64 bits per heavy atom. The van der Waals surface area contributed by atoms with Gasteiger partial charge in [0.2, 0.25) is 5.91 Å². The molecule has 0 saturated carbocycles. The molecule has 5 amide bonds. The zero-order valence-corrected chi connectivity index (χ0v) is 26.3. The van der Waals surface area contributed by atoms with Crippen molar-refractivity contribution in [2.24, 2.45) is 0 Å². The summed E-state index contributed by atoms with van der Waals surface area (Å²) in [6.07, 6.45) is 6.10. The lowest BCUT2D eigenvalue weighted by atomic mass is 9.99. The molecule has 0 aliphatic carbocycles. The monoisotopic (exact) mass is 642 g/mol. The number of Topliss-reactive ketones (excluding diaryl/α,β-unsaturated/α-hetero) is 2. The average molecular weight is 643 g/mol. The van der Waals surface area contributed by atoms with E-state index in [1.165, 1.54) is 0 Å². The van der Waals surface area contributed by atoms with Crippen LogP contribution in [0.2, 0.25) is 0 Å². The molecule has 3 N–H and O–H groups in total. The summed E-state index contributed by atoms with van der Waals surface area (Å²) in [7, 11) is 0. The van der Waals surface area contributed by atoms with Gasteiger partial charge >= 0.3 is 12.0 Å². The minimum absolute atomic E-state index is 0.0116. The highest BCUT2D eigenvalue weighted by atomic mass is 32.2. The number of hydroxylamine groups is 2. The molecule has 0 bridgehead atoms. The summed E-state index contributed by atoms with van der Waals surface area (Å²) in [5.41, 5.74) is 1.48. The van der Waals surface area contributed by atoms with Crippen LogP contribution >= 0.6 is 11.8 Å². The summed E-state index contributed by atoms with van der Waals surface area (Å²) in [4.78, 5) is 88.4. The number of benzene rings is 1. The normalized spacial score (nSPS) is 20.5. The van der Waals surface area contributed by atoms with Crippen LogP contribution in [-0.4, -0.2) is 76.0 Å². The number of nitrogens with one attached hydrogen (secondary N) is 3. The van der Waals surface area contributed by atoms with Gasteiger partial charge in [0.05, 0.1) is 12.1 Å². The van der Waals surface area contributed by atoms with Crippen molar-refractivity contribution >= 4 is 53.1 Å². The first-order chi connectivity index (χ1) is 21.7. The van der Waals surface area contributed by atoms with Crippen LogP contribution in [0.15, 0.2) is 24.3 Å². The number of rotatable bonds is 19. The van der Waals surface area contributed by atoms with Gasteiger partial charge in [0.15, 0.2) is 5.78 Å². The zero-order chi connectivity index (χ0) is 32.2. The SMILES string of the molecule is O=C(CCCCC(=O)ON1C(=O)CCC1=O)CCc1cccc(C(=O)CCCNC(=O)CCCC[C@@H]2SC[C@@H]3NC(=O)N[C@@H]32)c1. The van der Waals surface area contributed by atoms with E-state index in [2.05, 4.69) is 16.0 Å². The third kappa shape index (κ3) is 10.7. The molecular formula is C32H42N4O8S. The Hall–Kier alpha value is -3.74. The Labute approximate surface area is 267 Å². The number of urea groups is 1. The number of ketones is 2. The van der Waals surface area contributed by atoms with Gasteiger partial charge in [-0.3, -0.25) is 24.0 Å². The van der Waals surface area contributed by atoms with Gasteiger partial charge in [-0.2, -0.15) is 11.8 Å². The Morgan fingerprint density at radius 3 is 2.44 bits per heavy atom. The van der Waals surface area contributed by atoms with Crippen LogP contribution in [0, 0.1) is 0 Å². The summed E-state index contributed by atoms with van der Waals surface area (Å²) in [6.45, 7) is 0.435. The Kier molecular flexibility index (Phi) is 13.0. The second-order valence-corrected chi connectivity index (χ2v) is 13.0. The maximum Gasteiger partial charge on any atom is 0.333 e. The molecule has 0 aromatic heterocycles. The second-order valence-electron chi connectivity index (χ2n) is 11.7. The number of imide groups is 1. The van der Waals surface area contributed by atoms with Crippen molar-refractivity contribution in [2.45, 2.75) is 107 Å². The van der Waals surface area contributed by atoms with Gasteiger partial charge in [-0.15, -0.1) is 5.06 Å². The molecule has 0 spiro atoms. The van der Waals surface area contributed by atoms with Gasteiger partial charge < -0.3 is 20.8 Å². The van der Waals surface area contributed by atoms with Gasteiger partial charge in [-0.05, 0) is 50.2 Å². The molecule has 3 fully saturated rings. The summed E-state index contributed by atoms with van der Waals surface area (Å²) in [5, 5.41) is 9.73. The first-order valence-electron chi connectivity index (χ1n) is 15.9. The van der Waals surface area contributed by atoms with Crippen molar-refractivity contribution < 1.29 is 38.4 Å². The predicted molar refractivity (Wildman–Crippen MR) is 166 cm³/mol. The number of carbonyl (C=O) groups is 7. The van der Waals surface area contributed by atoms with Crippen LogP contribution < -0.4 is 16.0 Å². The topological polar surface area (TPSA) is 168 Å². The van der Waals surface area contributed by atoms with Crippen LogP contribution in [0.3, 0.4) is 0 Å². The van der Waals surface area contributed by atoms with E-state index >= 15 is 0 Å². The number of thioether (sulfide) groups is 1. The Morgan fingerprint density at radius 1 is 0.889 bits per heavy atom. The molecule has 0 unspecified atom stereocenters. The van der Waals surface area contributed by atoms with Crippen molar-refractivity contribution in [3.8, 4) is 0 Å². The number of aryl methyl sites for hydroxylation is 1. The largest absolute Gasteiger partial charge is 0.356 e. The van der Waals surface area contributed by atoms with Crippen LogP contribution in [0.1, 0.15) is 99.4 Å². The Bertz CT molecular complexity index is 1270. The predicted octanol–water partition coefficient (Wildman–Crippen LogP) is 3.16. The highest BCUT2D eigenvalue weighted by Crippen LogP contribution is 2.33. The standard InChI is InChI=1S/C32H42N4O8S/c37-23(9-1-4-13-30(42)44-36-28(40)16-17-29(36)41)15-14-21-7-5-8-22(19-21)25(38)10-6-18-33-27(39)12-3-2-11-26-31-24(20-45-26)34-32(43)35-31/h5,7-8,19,24,26,31H,1-4,6,9-18,20H2,(H,33,39)(H2,34,35,43)/t24-,26-,31-/m0/s1. The quantitative estimate of drug-likeness (QED) is 0.0889. The lowest BCUT2D eigenvalue weighted by molar-refractivity contribution is -0.197. The molecule has 3 saturated heterocycles. The number of hydrogen-bond acceptors (Lipinski definition) is 9. The van der Waals surface area contributed by atoms with Gasteiger partial charge in [0.1, 0.15) is 5.78 Å². The highest BCUT2D eigenvalue weighted by molar-refractivity contribution is 8.00. The number of unbranched alkanes of at least 4 members (excludes halogenated alkanes) is 2. The van der Waals surface area contributed by atoms with E-state index in [4.69, 9.17) is 4.84 Å². The van der Waals surface area contributed by atoms with Crippen LogP contribution in [0.5, 0.6) is 0 Å². The minimum atomic E-state index is -0.668. The van der Waals surface area contributed by atoms with E-state index in [0.29, 0.717) is 73.8 Å². The maximum atomic E-state index is 12.7. The minimum Gasteiger partial charge on any atom is -0.356 e. The molecule has 12 nitrogen and oxygen atoms in total. The van der Waals surface area contributed by atoms with Gasteiger partial charge in [0.25, 0.3) is 11.8 Å². The van der Waals surface area contributed by atoms with E-state index in [1.807, 2.05) is 23.9 Å². The molecule has 45 heavy (non-hydrogen) atoms. The first-order valence-corrected chi connectivity index (χ1v) is 16.9. The van der Waals surface area contributed by atoms with Crippen molar-refractivity contribution in [1.29, 1.82) is 0 Å². The van der Waals surface area contributed by atoms with E-state index in [-0.39, 0.29) is 54.9 Å². The van der Waals surface area contributed by atoms with E-state index in [9.17, 15) is 33.6 Å². The second kappa shape index (κ2) is 17.1. The van der Waals surface area contributed by atoms with Crippen LogP contribution in [0.25, 0.3) is 0 Å². The fraction of sp³-hybridized carbons (Fsp3) is 0.594. The highest BCUT2D eigenvalue weighted by Gasteiger charge is 2.42. The van der Waals surface area contributed by atoms with Gasteiger partial charge in [0, 0.05) is 68.1 Å². The Balaban J connectivity index is 1.02. The van der Waals surface area contributed by atoms with Gasteiger partial charge in [-0.1, -0.05) is 24.6 Å². The summed E-state index contributed by atoms with van der Waals surface area (Å²) in [5.74, 6) is -0.760. The maximum absolute atomic E-state index is 12.7. The fourth-order valence-corrected chi connectivity index (χ4v) is 7.23. The lowest BCUT2D eigenvalue weighted by Crippen LogP contribution is -2.36. The smallest absolute Gasteiger partial charge is 0.333 e. The van der Waals surface area contributed by atoms with Crippen molar-refractivity contribution in [2.75, 3.05) is 12.3 Å². The zero-order valence-electron chi connectivity index (χ0n) is 25.5. The van der Waals surface area contributed by atoms with E-state index in [0.717, 1.165) is 30.6 Å². The number of hydrogen-bond donors (Lipinski definition) is 3. The average Bonchev–Trinajstić information content (AvgIpc) is 3.68. The van der Waals surface area contributed by atoms with Crippen LogP contribution in [-0.2, 0) is 35.2 Å². The molecule has 1 aromatic carbocycles.